The van der Waals surface area contributed by atoms with Crippen LogP contribution < -0.4 is 4.74 Å². The van der Waals surface area contributed by atoms with Gasteiger partial charge in [0.1, 0.15) is 0 Å². The molecule has 0 radical (unpaired) electrons. The number of hydrogen-bond donors (Lipinski definition) is 1. The molecule has 1 heterocycles. The minimum Gasteiger partial charge on any atom is -0.504 e. The van der Waals surface area contributed by atoms with Gasteiger partial charge in [-0.3, -0.25) is 4.90 Å². The lowest BCUT2D eigenvalue weighted by atomic mass is 9.77. The minimum absolute atomic E-state index is 0.213. The van der Waals surface area contributed by atoms with E-state index in [1.54, 1.807) is 13.2 Å². The normalized spacial score (nSPS) is 21.0. The second-order valence-electron chi connectivity index (χ2n) is 7.28. The van der Waals surface area contributed by atoms with Gasteiger partial charge in [0.25, 0.3) is 0 Å². The van der Waals surface area contributed by atoms with Crippen molar-refractivity contribution in [3.8, 4) is 11.5 Å². The highest BCUT2D eigenvalue weighted by Gasteiger charge is 2.27. The summed E-state index contributed by atoms with van der Waals surface area (Å²) in [6.07, 6.45) is 3.88. The fraction of sp³-hybridized carbons (Fsp3) is 0.667. The summed E-state index contributed by atoms with van der Waals surface area (Å²) in [4.78, 5) is 2.53. The number of phenols is 1. The molecule has 0 spiro atoms. The molecule has 1 aromatic rings. The highest BCUT2D eigenvalue weighted by Crippen LogP contribution is 2.34. The molecule has 21 heavy (non-hydrogen) atoms. The van der Waals surface area contributed by atoms with Crippen LogP contribution >= 0.6 is 0 Å². The molecular weight excluding hydrogens is 262 g/mol. The lowest BCUT2D eigenvalue weighted by Gasteiger charge is -2.29. The largest absolute Gasteiger partial charge is 0.504 e. The average Bonchev–Trinajstić information content (AvgIpc) is 2.66. The van der Waals surface area contributed by atoms with Crippen molar-refractivity contribution >= 4 is 0 Å². The Morgan fingerprint density at radius 1 is 1.24 bits per heavy atom. The van der Waals surface area contributed by atoms with Gasteiger partial charge >= 0.3 is 0 Å². The highest BCUT2D eigenvalue weighted by molar-refractivity contribution is 5.41. The Morgan fingerprint density at radius 3 is 2.67 bits per heavy atom. The summed E-state index contributed by atoms with van der Waals surface area (Å²) >= 11 is 0. The van der Waals surface area contributed by atoms with E-state index in [0.29, 0.717) is 11.2 Å². The van der Waals surface area contributed by atoms with Crippen molar-refractivity contribution in [1.29, 1.82) is 0 Å². The smallest absolute Gasteiger partial charge is 0.160 e. The fourth-order valence-electron chi connectivity index (χ4n) is 3.26. The topological polar surface area (TPSA) is 32.7 Å². The second-order valence-corrected chi connectivity index (χ2v) is 7.28. The Morgan fingerprint density at radius 2 is 2.00 bits per heavy atom. The van der Waals surface area contributed by atoms with E-state index >= 15 is 0 Å². The molecule has 0 saturated carbocycles. The van der Waals surface area contributed by atoms with Crippen molar-refractivity contribution in [1.82, 2.24) is 4.90 Å². The highest BCUT2D eigenvalue weighted by atomic mass is 16.5. The van der Waals surface area contributed by atoms with Gasteiger partial charge in [-0.25, -0.2) is 0 Å². The molecule has 2 rings (SSSR count). The van der Waals surface area contributed by atoms with E-state index in [1.165, 1.54) is 24.8 Å². The molecule has 1 atom stereocenters. The Kier molecular flexibility index (Phi) is 5.15. The zero-order chi connectivity index (χ0) is 15.5. The number of phenolic OH excluding ortho intramolecular Hbond substituents is 1. The van der Waals surface area contributed by atoms with E-state index in [-0.39, 0.29) is 5.75 Å². The van der Waals surface area contributed by atoms with Gasteiger partial charge < -0.3 is 9.84 Å². The predicted molar refractivity (Wildman–Crippen MR) is 86.7 cm³/mol. The molecule has 1 fully saturated rings. The number of nitrogens with zero attached hydrogens (tertiary/aromatic N) is 1. The number of methoxy groups -OCH3 is 1. The van der Waals surface area contributed by atoms with Gasteiger partial charge in [0.15, 0.2) is 11.5 Å². The van der Waals surface area contributed by atoms with E-state index in [9.17, 15) is 5.11 Å². The van der Waals surface area contributed by atoms with Crippen molar-refractivity contribution < 1.29 is 9.84 Å². The van der Waals surface area contributed by atoms with Crippen molar-refractivity contribution in [2.24, 2.45) is 11.3 Å². The fourth-order valence-corrected chi connectivity index (χ4v) is 3.26. The summed E-state index contributed by atoms with van der Waals surface area (Å²) in [5.41, 5.74) is 1.62. The molecule has 0 aliphatic carbocycles. The van der Waals surface area contributed by atoms with Gasteiger partial charge in [0, 0.05) is 6.54 Å². The van der Waals surface area contributed by atoms with Gasteiger partial charge in [-0.1, -0.05) is 26.8 Å². The van der Waals surface area contributed by atoms with Gasteiger partial charge in [0.05, 0.1) is 7.11 Å². The first-order chi connectivity index (χ1) is 9.90. The van der Waals surface area contributed by atoms with Crippen LogP contribution in [0.25, 0.3) is 0 Å². The Labute approximate surface area is 128 Å². The maximum absolute atomic E-state index is 9.67. The number of benzene rings is 1. The van der Waals surface area contributed by atoms with Gasteiger partial charge in [-0.2, -0.15) is 0 Å². The number of ether oxygens (including phenoxy) is 1. The van der Waals surface area contributed by atoms with Gasteiger partial charge in [-0.15, -0.1) is 0 Å². The summed E-state index contributed by atoms with van der Waals surface area (Å²) in [6.45, 7) is 10.3. The zero-order valence-corrected chi connectivity index (χ0v) is 13.9. The van der Waals surface area contributed by atoms with Crippen LogP contribution in [0.15, 0.2) is 18.2 Å². The van der Waals surface area contributed by atoms with Crippen molar-refractivity contribution in [3.05, 3.63) is 23.8 Å². The van der Waals surface area contributed by atoms with E-state index in [2.05, 4.69) is 25.7 Å². The molecule has 0 aromatic heterocycles. The quantitative estimate of drug-likeness (QED) is 0.912. The van der Waals surface area contributed by atoms with Crippen LogP contribution in [0, 0.1) is 11.3 Å². The molecule has 0 bridgehead atoms. The van der Waals surface area contributed by atoms with Crippen molar-refractivity contribution in [2.45, 2.75) is 46.6 Å². The Bertz CT molecular complexity index is 465. The second kappa shape index (κ2) is 6.69. The Hall–Kier alpha value is -1.22. The summed E-state index contributed by atoms with van der Waals surface area (Å²) < 4.78 is 5.19. The first-order valence-corrected chi connectivity index (χ1v) is 7.98. The van der Waals surface area contributed by atoms with E-state index in [1.807, 2.05) is 12.1 Å². The van der Waals surface area contributed by atoms with Gasteiger partial charge in [0.2, 0.25) is 0 Å². The average molecular weight is 291 g/mol. The van der Waals surface area contributed by atoms with Gasteiger partial charge in [-0.05, 0) is 61.4 Å². The van der Waals surface area contributed by atoms with Crippen LogP contribution in [0.5, 0.6) is 11.5 Å². The summed E-state index contributed by atoms with van der Waals surface area (Å²) in [5.74, 6) is 1.59. The third-order valence-electron chi connectivity index (χ3n) is 4.70. The van der Waals surface area contributed by atoms with Crippen LogP contribution in [0.1, 0.15) is 45.6 Å². The van der Waals surface area contributed by atoms with Crippen LogP contribution in [-0.2, 0) is 6.54 Å². The third kappa shape index (κ3) is 4.37. The SMILES string of the molecule is COc1cc(CN2CCCC(C(C)(C)C)CC2)ccc1O. The minimum atomic E-state index is 0.213. The lowest BCUT2D eigenvalue weighted by Crippen LogP contribution is -2.26. The molecule has 1 saturated heterocycles. The van der Waals surface area contributed by atoms with E-state index in [0.717, 1.165) is 25.6 Å². The summed E-state index contributed by atoms with van der Waals surface area (Å²) in [5, 5.41) is 9.67. The maximum atomic E-state index is 9.67. The first kappa shape index (κ1) is 16.2. The van der Waals surface area contributed by atoms with Crippen LogP contribution in [0.3, 0.4) is 0 Å². The maximum Gasteiger partial charge on any atom is 0.160 e. The third-order valence-corrected chi connectivity index (χ3v) is 4.70. The molecular formula is C18H29NO2. The monoisotopic (exact) mass is 291 g/mol. The molecule has 3 heteroatoms. The molecule has 1 aromatic carbocycles. The molecule has 0 amide bonds. The molecule has 1 aliphatic heterocycles. The number of rotatable bonds is 3. The predicted octanol–water partition coefficient (Wildman–Crippen LogP) is 4.05. The molecule has 1 aliphatic rings. The Balaban J connectivity index is 1.97. The van der Waals surface area contributed by atoms with Crippen LogP contribution in [-0.4, -0.2) is 30.2 Å². The number of likely N-dealkylation sites (tertiary alicyclic amines) is 1. The molecule has 1 N–H and O–H groups in total. The van der Waals surface area contributed by atoms with E-state index < -0.39 is 0 Å². The van der Waals surface area contributed by atoms with Crippen LogP contribution in [0.2, 0.25) is 0 Å². The van der Waals surface area contributed by atoms with E-state index in [4.69, 9.17) is 4.74 Å². The van der Waals surface area contributed by atoms with Crippen LogP contribution in [0.4, 0.5) is 0 Å². The lowest BCUT2D eigenvalue weighted by molar-refractivity contribution is 0.206. The van der Waals surface area contributed by atoms with Crippen molar-refractivity contribution in [2.75, 3.05) is 20.2 Å². The summed E-state index contributed by atoms with van der Waals surface area (Å²) in [7, 11) is 1.60. The van der Waals surface area contributed by atoms with Crippen molar-refractivity contribution in [3.63, 3.8) is 0 Å². The molecule has 1 unspecified atom stereocenters. The zero-order valence-electron chi connectivity index (χ0n) is 13.9. The first-order valence-electron chi connectivity index (χ1n) is 7.98. The number of hydrogen-bond acceptors (Lipinski definition) is 3. The molecule has 118 valence electrons. The number of aromatic hydroxyl groups is 1. The standard InChI is InChI=1S/C18H29NO2/c1-18(2,3)15-6-5-10-19(11-9-15)13-14-7-8-16(20)17(12-14)21-4/h7-8,12,15,20H,5-6,9-11,13H2,1-4H3. The summed E-state index contributed by atoms with van der Waals surface area (Å²) in [6, 6.07) is 5.66. The molecule has 3 nitrogen and oxygen atoms in total.